The monoisotopic (exact) mass is 555 g/mol. The van der Waals surface area contributed by atoms with Gasteiger partial charge < -0.3 is 16.0 Å². The number of rotatable bonds is 8. The van der Waals surface area contributed by atoms with Crippen molar-refractivity contribution in [3.63, 3.8) is 0 Å². The number of nitrogens with zero attached hydrogens (tertiary/aromatic N) is 1. The van der Waals surface area contributed by atoms with Gasteiger partial charge in [-0.15, -0.1) is 0 Å². The Morgan fingerprint density at radius 1 is 1.18 bits per heavy atom. The highest BCUT2D eigenvalue weighted by Gasteiger charge is 2.59. The molecule has 0 unspecified atom stereocenters. The molecule has 1 aliphatic heterocycles. The molecule has 4 rings (SSSR count). The molecule has 2 aliphatic rings. The third-order valence-electron chi connectivity index (χ3n) is 7.38. The number of carbonyl (C=O) groups is 2. The first-order valence-corrected chi connectivity index (χ1v) is 14.2. The Balaban J connectivity index is 1.86. The number of halogens is 4. The summed E-state index contributed by atoms with van der Waals surface area (Å²) in [7, 11) is -3.68. The van der Waals surface area contributed by atoms with Gasteiger partial charge in [0.2, 0.25) is 5.91 Å². The fourth-order valence-electron chi connectivity index (χ4n) is 5.56. The minimum atomic E-state index is -4.75. The Kier molecular flexibility index (Phi) is 7.24. The van der Waals surface area contributed by atoms with Crippen LogP contribution < -0.4 is 11.1 Å². The number of alkyl halides is 3. The molecule has 0 radical (unpaired) electrons. The minimum absolute atomic E-state index is 0.00439. The molecule has 2 atom stereocenters. The zero-order chi connectivity index (χ0) is 28.0. The number of hydrogen-bond acceptors (Lipinski definition) is 5. The van der Waals surface area contributed by atoms with Gasteiger partial charge in [-0.05, 0) is 74.4 Å². The number of amides is 2. The minimum Gasteiger partial charge on any atom is -0.385 e. The zero-order valence-electron chi connectivity index (χ0n) is 20.9. The van der Waals surface area contributed by atoms with E-state index >= 15 is 4.39 Å². The van der Waals surface area contributed by atoms with E-state index in [1.165, 1.54) is 23.1 Å². The molecule has 1 saturated heterocycles. The van der Waals surface area contributed by atoms with Crippen LogP contribution in [0.2, 0.25) is 0 Å². The van der Waals surface area contributed by atoms with E-state index in [1.807, 2.05) is 0 Å². The van der Waals surface area contributed by atoms with Crippen LogP contribution in [0, 0.1) is 11.7 Å². The average Bonchev–Trinajstić information content (AvgIpc) is 3.56. The van der Waals surface area contributed by atoms with Crippen LogP contribution in [0.4, 0.5) is 23.2 Å². The maximum Gasteiger partial charge on any atom is 0.416 e. The first-order valence-electron chi connectivity index (χ1n) is 12.3. The highest BCUT2D eigenvalue weighted by atomic mass is 32.2. The standard InChI is InChI=1S/C26H29F4N3O4S/c1-3-32-21-10-8-17(38(2,36)37)14-19(21)23(34)33-12-4-11-25(33,24(31)35)22(15-5-6-15)18-9-7-16(13-20(18)27)26(28,29)30/h7-10,13-15,22,32H,3-6,11-12H2,1-2H3,(H2,31,35)/t22-,25+/m1/s1. The molecule has 2 aromatic rings. The lowest BCUT2D eigenvalue weighted by Crippen LogP contribution is -2.60. The quantitative estimate of drug-likeness (QED) is 0.471. The summed E-state index contributed by atoms with van der Waals surface area (Å²) in [6.07, 6.45) is -2.12. The normalized spacial score (nSPS) is 20.8. The number of likely N-dealkylation sites (tertiary alicyclic amines) is 1. The molecule has 2 amide bonds. The molecule has 1 saturated carbocycles. The molecule has 0 bridgehead atoms. The molecular formula is C26H29F4N3O4S. The lowest BCUT2D eigenvalue weighted by Gasteiger charge is -2.43. The number of nitrogens with two attached hydrogens (primary N) is 1. The fourth-order valence-corrected chi connectivity index (χ4v) is 6.21. The van der Waals surface area contributed by atoms with Crippen molar-refractivity contribution < 1.29 is 35.6 Å². The van der Waals surface area contributed by atoms with E-state index in [-0.39, 0.29) is 34.9 Å². The molecule has 2 fully saturated rings. The molecule has 7 nitrogen and oxygen atoms in total. The molecule has 0 spiro atoms. The summed E-state index contributed by atoms with van der Waals surface area (Å²) in [6, 6.07) is 6.25. The third-order valence-corrected chi connectivity index (χ3v) is 8.49. The molecule has 38 heavy (non-hydrogen) atoms. The van der Waals surface area contributed by atoms with E-state index in [2.05, 4.69) is 5.32 Å². The molecule has 2 aromatic carbocycles. The fraction of sp³-hybridized carbons (Fsp3) is 0.462. The van der Waals surface area contributed by atoms with E-state index in [9.17, 15) is 31.2 Å². The SMILES string of the molecule is CCNc1ccc(S(C)(=O)=O)cc1C(=O)N1CCC[C@@]1(C(N)=O)[C@@H](c1ccc(C(F)(F)F)cc1F)C1CC1. The van der Waals surface area contributed by atoms with Crippen LogP contribution in [-0.4, -0.2) is 50.0 Å². The zero-order valence-corrected chi connectivity index (χ0v) is 21.8. The number of sulfone groups is 1. The summed E-state index contributed by atoms with van der Waals surface area (Å²) in [4.78, 5) is 28.4. The van der Waals surface area contributed by atoms with Crippen molar-refractivity contribution in [1.82, 2.24) is 4.90 Å². The van der Waals surface area contributed by atoms with Crippen molar-refractivity contribution in [3.05, 3.63) is 58.9 Å². The van der Waals surface area contributed by atoms with Crippen molar-refractivity contribution >= 4 is 27.3 Å². The van der Waals surface area contributed by atoms with E-state index in [0.717, 1.165) is 18.4 Å². The third kappa shape index (κ3) is 4.97. The molecule has 1 aliphatic carbocycles. The number of hydrogen-bond donors (Lipinski definition) is 2. The van der Waals surface area contributed by atoms with Crippen LogP contribution in [0.3, 0.4) is 0 Å². The van der Waals surface area contributed by atoms with Gasteiger partial charge in [-0.1, -0.05) is 6.07 Å². The topological polar surface area (TPSA) is 110 Å². The van der Waals surface area contributed by atoms with Gasteiger partial charge in [0.25, 0.3) is 5.91 Å². The van der Waals surface area contributed by atoms with Gasteiger partial charge in [0, 0.05) is 31.0 Å². The Morgan fingerprint density at radius 2 is 1.87 bits per heavy atom. The Bertz CT molecular complexity index is 1380. The summed E-state index contributed by atoms with van der Waals surface area (Å²) < 4.78 is 79.3. The van der Waals surface area contributed by atoms with Gasteiger partial charge in [-0.3, -0.25) is 9.59 Å². The van der Waals surface area contributed by atoms with Crippen LogP contribution in [0.1, 0.15) is 60.0 Å². The van der Waals surface area contributed by atoms with Crippen molar-refractivity contribution in [1.29, 1.82) is 0 Å². The number of anilines is 1. The van der Waals surface area contributed by atoms with E-state index in [0.29, 0.717) is 37.6 Å². The summed E-state index contributed by atoms with van der Waals surface area (Å²) in [5, 5.41) is 3.02. The molecule has 0 aromatic heterocycles. The van der Waals surface area contributed by atoms with Gasteiger partial charge >= 0.3 is 6.18 Å². The number of benzene rings is 2. The second-order valence-corrected chi connectivity index (χ2v) is 11.9. The number of nitrogens with one attached hydrogen (secondary N) is 1. The van der Waals surface area contributed by atoms with Crippen LogP contribution >= 0.6 is 0 Å². The van der Waals surface area contributed by atoms with E-state index in [4.69, 9.17) is 5.73 Å². The van der Waals surface area contributed by atoms with Crippen molar-refractivity contribution in [2.45, 2.75) is 55.1 Å². The Labute approximate surface area is 218 Å². The predicted molar refractivity (Wildman–Crippen MR) is 133 cm³/mol. The maximum absolute atomic E-state index is 15.3. The average molecular weight is 556 g/mol. The maximum atomic E-state index is 15.3. The van der Waals surface area contributed by atoms with Crippen molar-refractivity contribution in [3.8, 4) is 0 Å². The molecule has 206 valence electrons. The van der Waals surface area contributed by atoms with Crippen LogP contribution in [0.15, 0.2) is 41.3 Å². The number of carbonyl (C=O) groups excluding carboxylic acids is 2. The van der Waals surface area contributed by atoms with Crippen molar-refractivity contribution in [2.75, 3.05) is 24.7 Å². The molecule has 12 heteroatoms. The second-order valence-electron chi connectivity index (χ2n) is 9.91. The number of primary amides is 1. The highest BCUT2D eigenvalue weighted by molar-refractivity contribution is 7.90. The molecule has 3 N–H and O–H groups in total. The van der Waals surface area contributed by atoms with Gasteiger partial charge in [0.15, 0.2) is 9.84 Å². The first-order chi connectivity index (χ1) is 17.7. The smallest absolute Gasteiger partial charge is 0.385 e. The summed E-state index contributed by atoms with van der Waals surface area (Å²) in [5.74, 6) is -3.90. The van der Waals surface area contributed by atoms with Gasteiger partial charge in [0.1, 0.15) is 11.4 Å². The van der Waals surface area contributed by atoms with Crippen LogP contribution in [0.5, 0.6) is 0 Å². The lowest BCUT2D eigenvalue weighted by atomic mass is 9.73. The lowest BCUT2D eigenvalue weighted by molar-refractivity contribution is -0.138. The van der Waals surface area contributed by atoms with Crippen LogP contribution in [0.25, 0.3) is 0 Å². The second kappa shape index (κ2) is 9.87. The Morgan fingerprint density at radius 3 is 2.39 bits per heavy atom. The molecule has 1 heterocycles. The van der Waals surface area contributed by atoms with E-state index in [1.54, 1.807) is 6.92 Å². The highest BCUT2D eigenvalue weighted by Crippen LogP contribution is 2.54. The van der Waals surface area contributed by atoms with Gasteiger partial charge in [0.05, 0.1) is 16.0 Å². The van der Waals surface area contributed by atoms with E-state index < -0.39 is 50.7 Å². The summed E-state index contributed by atoms with van der Waals surface area (Å²) >= 11 is 0. The summed E-state index contributed by atoms with van der Waals surface area (Å²) in [6.45, 7) is 2.29. The van der Waals surface area contributed by atoms with Crippen molar-refractivity contribution in [2.24, 2.45) is 11.7 Å². The van der Waals surface area contributed by atoms with Gasteiger partial charge in [-0.25, -0.2) is 12.8 Å². The molecular weight excluding hydrogens is 526 g/mol. The predicted octanol–water partition coefficient (Wildman–Crippen LogP) is 4.33. The largest absolute Gasteiger partial charge is 0.416 e. The van der Waals surface area contributed by atoms with Crippen LogP contribution in [-0.2, 0) is 20.8 Å². The Hall–Kier alpha value is -3.15. The first kappa shape index (κ1) is 27.9. The van der Waals surface area contributed by atoms with Gasteiger partial charge in [-0.2, -0.15) is 13.2 Å². The summed E-state index contributed by atoms with van der Waals surface area (Å²) in [5.41, 5.74) is 3.33.